The van der Waals surface area contributed by atoms with Gasteiger partial charge in [-0.05, 0) is 55.2 Å². The van der Waals surface area contributed by atoms with Crippen LogP contribution in [-0.4, -0.2) is 16.5 Å². The summed E-state index contributed by atoms with van der Waals surface area (Å²) >= 11 is 0. The Morgan fingerprint density at radius 2 is 1.96 bits per heavy atom. The summed E-state index contributed by atoms with van der Waals surface area (Å²) in [6, 6.07) is 9.07. The zero-order valence-corrected chi connectivity index (χ0v) is 15.8. The Bertz CT molecular complexity index is 1050. The summed E-state index contributed by atoms with van der Waals surface area (Å²) in [4.78, 5) is 11.3. The third kappa shape index (κ3) is 2.70. The Morgan fingerprint density at radius 1 is 1.07 bits per heavy atom. The van der Waals surface area contributed by atoms with Gasteiger partial charge in [-0.25, -0.2) is 13.8 Å². The molecule has 0 amide bonds. The van der Waals surface area contributed by atoms with Crippen LogP contribution in [0.25, 0.3) is 11.0 Å². The van der Waals surface area contributed by atoms with Crippen molar-refractivity contribution in [1.82, 2.24) is 9.97 Å². The second-order valence-corrected chi connectivity index (χ2v) is 7.67. The number of hydrogen-bond donors (Lipinski definition) is 1. The van der Waals surface area contributed by atoms with Gasteiger partial charge in [0.25, 0.3) is 0 Å². The van der Waals surface area contributed by atoms with Crippen LogP contribution in [0.15, 0.2) is 36.5 Å². The van der Waals surface area contributed by atoms with Gasteiger partial charge in [-0.2, -0.15) is 0 Å². The third-order valence-electron chi connectivity index (χ3n) is 5.98. The minimum absolute atomic E-state index is 0.00141. The van der Waals surface area contributed by atoms with E-state index in [1.807, 2.05) is 18.2 Å². The number of nitrogens with one attached hydrogen (secondary N) is 1. The largest absolute Gasteiger partial charge is 0.381 e. The predicted octanol–water partition coefficient (Wildman–Crippen LogP) is 5.52. The first-order valence-electron chi connectivity index (χ1n) is 9.90. The lowest BCUT2D eigenvalue weighted by atomic mass is 9.98. The lowest BCUT2D eigenvalue weighted by Gasteiger charge is -2.31. The number of aromatic nitrogens is 2. The van der Waals surface area contributed by atoms with Crippen LogP contribution in [-0.2, 0) is 0 Å². The van der Waals surface area contributed by atoms with Crippen molar-refractivity contribution in [3.05, 3.63) is 59.3 Å². The molecular formula is C22H22F2N4. The topological polar surface area (TPSA) is 41.1 Å². The number of rotatable bonds is 0. The van der Waals surface area contributed by atoms with Crippen LogP contribution in [0.4, 0.5) is 20.3 Å². The highest BCUT2D eigenvalue weighted by Crippen LogP contribution is 2.47. The van der Waals surface area contributed by atoms with E-state index in [0.717, 1.165) is 37.1 Å². The highest BCUT2D eigenvalue weighted by molar-refractivity contribution is 5.89. The van der Waals surface area contributed by atoms with E-state index in [1.54, 1.807) is 12.1 Å². The minimum atomic E-state index is -0.384. The molecular weight excluding hydrogens is 358 g/mol. The fourth-order valence-electron chi connectivity index (χ4n) is 4.63. The Morgan fingerprint density at radius 3 is 2.86 bits per heavy atom. The molecule has 144 valence electrons. The first kappa shape index (κ1) is 17.3. The molecule has 0 fully saturated rings. The highest BCUT2D eigenvalue weighted by atomic mass is 19.1. The number of pyridine rings is 2. The molecule has 3 aromatic rings. The van der Waals surface area contributed by atoms with Crippen molar-refractivity contribution in [3.8, 4) is 0 Å². The van der Waals surface area contributed by atoms with Gasteiger partial charge < -0.3 is 10.2 Å². The molecule has 2 bridgehead atoms. The number of hydrogen-bond acceptors (Lipinski definition) is 4. The summed E-state index contributed by atoms with van der Waals surface area (Å²) < 4.78 is 28.4. The van der Waals surface area contributed by atoms with Crippen molar-refractivity contribution < 1.29 is 8.78 Å². The van der Waals surface area contributed by atoms with Crippen molar-refractivity contribution in [1.29, 1.82) is 0 Å². The van der Waals surface area contributed by atoms with E-state index >= 15 is 0 Å². The lowest BCUT2D eigenvalue weighted by Crippen LogP contribution is -2.26. The van der Waals surface area contributed by atoms with E-state index in [0.29, 0.717) is 23.3 Å². The standard InChI is InChI=1S/C22H22F2N4/c1-13-16-11-14(23)6-7-15(16)19-5-3-2-4-10-25-21-17(24)12-26-18-8-9-20(28(13)19)27-22(18)21/h6-9,11-13,19,25H,2-5,10H2,1H3/t13-,19?/m1/s1. The van der Waals surface area contributed by atoms with Crippen LogP contribution in [0, 0.1) is 11.6 Å². The lowest BCUT2D eigenvalue weighted by molar-refractivity contribution is 0.528. The number of halogens is 2. The molecule has 0 saturated heterocycles. The third-order valence-corrected chi connectivity index (χ3v) is 5.98. The van der Waals surface area contributed by atoms with Gasteiger partial charge in [-0.1, -0.05) is 18.9 Å². The molecule has 6 heteroatoms. The summed E-state index contributed by atoms with van der Waals surface area (Å²) in [5, 5.41) is 3.22. The molecule has 0 spiro atoms. The zero-order chi connectivity index (χ0) is 19.3. The Hall–Kier alpha value is -2.76. The summed E-state index contributed by atoms with van der Waals surface area (Å²) in [6.07, 6.45) is 5.30. The zero-order valence-electron chi connectivity index (χ0n) is 15.8. The second-order valence-electron chi connectivity index (χ2n) is 7.67. The first-order chi connectivity index (χ1) is 13.6. The molecule has 28 heavy (non-hydrogen) atoms. The SMILES string of the molecule is C[C@@H]1c2cc(F)ccc2C2CCCCCNc3c(F)cnc4ccc(nc34)N21. The molecule has 0 aliphatic carbocycles. The second kappa shape index (κ2) is 6.69. The van der Waals surface area contributed by atoms with Gasteiger partial charge >= 0.3 is 0 Å². The highest BCUT2D eigenvalue weighted by Gasteiger charge is 2.37. The van der Waals surface area contributed by atoms with Crippen LogP contribution in [0.5, 0.6) is 0 Å². The monoisotopic (exact) mass is 380 g/mol. The van der Waals surface area contributed by atoms with Gasteiger partial charge in [0.05, 0.1) is 23.8 Å². The van der Waals surface area contributed by atoms with E-state index < -0.39 is 0 Å². The van der Waals surface area contributed by atoms with Gasteiger partial charge in [-0.15, -0.1) is 0 Å². The van der Waals surface area contributed by atoms with E-state index in [2.05, 4.69) is 22.1 Å². The molecule has 0 saturated carbocycles. The van der Waals surface area contributed by atoms with Crippen LogP contribution < -0.4 is 10.2 Å². The van der Waals surface area contributed by atoms with Gasteiger partial charge in [0.1, 0.15) is 22.8 Å². The molecule has 2 aliphatic heterocycles. The summed E-state index contributed by atoms with van der Waals surface area (Å²) in [7, 11) is 0. The average Bonchev–Trinajstić information content (AvgIpc) is 2.96. The summed E-state index contributed by atoms with van der Waals surface area (Å²) in [5.74, 6) is 0.177. The first-order valence-corrected chi connectivity index (χ1v) is 9.90. The van der Waals surface area contributed by atoms with Crippen LogP contribution in [0.1, 0.15) is 55.8 Å². The van der Waals surface area contributed by atoms with E-state index in [9.17, 15) is 8.78 Å². The maximum atomic E-state index is 14.5. The van der Waals surface area contributed by atoms with Crippen molar-refractivity contribution in [2.75, 3.05) is 16.8 Å². The molecule has 0 radical (unpaired) electrons. The van der Waals surface area contributed by atoms with Crippen molar-refractivity contribution in [2.24, 2.45) is 0 Å². The fourth-order valence-corrected chi connectivity index (χ4v) is 4.63. The summed E-state index contributed by atoms with van der Waals surface area (Å²) in [6.45, 7) is 2.79. The van der Waals surface area contributed by atoms with Gasteiger partial charge in [0.2, 0.25) is 0 Å². The smallest absolute Gasteiger partial charge is 0.166 e. The molecule has 4 heterocycles. The number of anilines is 2. The quantitative estimate of drug-likeness (QED) is 0.558. The van der Waals surface area contributed by atoms with Gasteiger partial charge in [0.15, 0.2) is 5.82 Å². The molecule has 2 aromatic heterocycles. The number of benzene rings is 1. The van der Waals surface area contributed by atoms with Crippen molar-refractivity contribution in [2.45, 2.75) is 44.7 Å². The normalized spacial score (nSPS) is 21.6. The summed E-state index contributed by atoms with van der Waals surface area (Å²) in [5.41, 5.74) is 3.81. The Balaban J connectivity index is 1.70. The van der Waals surface area contributed by atoms with Crippen LogP contribution >= 0.6 is 0 Å². The molecule has 1 N–H and O–H groups in total. The number of fused-ring (bicyclic) bond motifs is 5. The van der Waals surface area contributed by atoms with E-state index in [4.69, 9.17) is 4.98 Å². The Labute approximate surface area is 162 Å². The Kier molecular flexibility index (Phi) is 4.14. The molecule has 5 rings (SSSR count). The molecule has 2 atom stereocenters. The van der Waals surface area contributed by atoms with Gasteiger partial charge in [-0.3, -0.25) is 4.98 Å². The van der Waals surface area contributed by atoms with Crippen LogP contribution in [0.2, 0.25) is 0 Å². The van der Waals surface area contributed by atoms with Crippen molar-refractivity contribution >= 4 is 22.5 Å². The molecule has 1 aromatic carbocycles. The molecule has 4 nitrogen and oxygen atoms in total. The fraction of sp³-hybridized carbons (Fsp3) is 0.364. The van der Waals surface area contributed by atoms with Crippen molar-refractivity contribution in [3.63, 3.8) is 0 Å². The minimum Gasteiger partial charge on any atom is -0.381 e. The predicted molar refractivity (Wildman–Crippen MR) is 106 cm³/mol. The van der Waals surface area contributed by atoms with E-state index in [-0.39, 0.29) is 23.7 Å². The van der Waals surface area contributed by atoms with Crippen LogP contribution in [0.3, 0.4) is 0 Å². The maximum Gasteiger partial charge on any atom is 0.166 e. The molecule has 1 unspecified atom stereocenters. The maximum absolute atomic E-state index is 14.5. The molecule has 2 aliphatic rings. The van der Waals surface area contributed by atoms with Gasteiger partial charge in [0, 0.05) is 6.54 Å². The average molecular weight is 380 g/mol. The number of nitrogens with zero attached hydrogens (tertiary/aromatic N) is 3. The van der Waals surface area contributed by atoms with E-state index in [1.165, 1.54) is 11.8 Å².